The van der Waals surface area contributed by atoms with Crippen molar-refractivity contribution in [2.24, 2.45) is 11.3 Å². The van der Waals surface area contributed by atoms with Crippen molar-refractivity contribution >= 4 is 11.7 Å². The molecule has 0 aliphatic heterocycles. The molecule has 0 spiro atoms. The maximum absolute atomic E-state index is 13.5. The molecule has 0 amide bonds. The van der Waals surface area contributed by atoms with Gasteiger partial charge in [-0.2, -0.15) is 13.2 Å². The van der Waals surface area contributed by atoms with Gasteiger partial charge in [0.15, 0.2) is 0 Å². The van der Waals surface area contributed by atoms with Crippen LogP contribution in [0.1, 0.15) is 58.4 Å². The highest BCUT2D eigenvalue weighted by molar-refractivity contribution is 5.71. The molecule has 0 unspecified atom stereocenters. The molecule has 1 aliphatic rings. The van der Waals surface area contributed by atoms with Crippen LogP contribution in [0.5, 0.6) is 5.75 Å². The van der Waals surface area contributed by atoms with Crippen LogP contribution in [0.15, 0.2) is 42.5 Å². The number of aliphatic carboxylic acids is 1. The summed E-state index contributed by atoms with van der Waals surface area (Å²) in [5.41, 5.74) is 0.921. The highest BCUT2D eigenvalue weighted by Gasteiger charge is 2.32. The molecule has 0 aromatic heterocycles. The fourth-order valence-electron chi connectivity index (χ4n) is 4.52. The maximum Gasteiger partial charge on any atom is 0.416 e. The van der Waals surface area contributed by atoms with Gasteiger partial charge in [-0.3, -0.25) is 4.79 Å². The van der Waals surface area contributed by atoms with E-state index >= 15 is 0 Å². The number of ether oxygens (including phenoxy) is 1. The Labute approximate surface area is 199 Å². The Morgan fingerprint density at radius 2 is 1.62 bits per heavy atom. The summed E-state index contributed by atoms with van der Waals surface area (Å²) in [6.07, 6.45) is -0.234. The third-order valence-electron chi connectivity index (χ3n) is 6.74. The zero-order chi connectivity index (χ0) is 25.1. The first-order valence-corrected chi connectivity index (χ1v) is 11.8. The summed E-state index contributed by atoms with van der Waals surface area (Å²) in [5.74, 6) is 0.411. The second-order valence-electron chi connectivity index (χ2n) is 10.3. The molecule has 1 saturated carbocycles. The summed E-state index contributed by atoms with van der Waals surface area (Å²) in [5, 5.41) is 8.90. The molecular weight excluding hydrogens is 443 g/mol. The minimum Gasteiger partial charge on any atom is -0.490 e. The molecule has 3 rings (SSSR count). The molecule has 0 radical (unpaired) electrons. The van der Waals surface area contributed by atoms with Gasteiger partial charge in [-0.15, -0.1) is 0 Å². The number of rotatable bonds is 7. The van der Waals surface area contributed by atoms with Gasteiger partial charge in [-0.25, -0.2) is 0 Å². The molecule has 0 bridgehead atoms. The lowest BCUT2D eigenvalue weighted by molar-refractivity contribution is -0.138. The molecule has 186 valence electrons. The van der Waals surface area contributed by atoms with Crippen LogP contribution in [-0.2, 0) is 11.0 Å². The number of nitrogens with zero attached hydrogens (tertiary/aromatic N) is 1. The van der Waals surface area contributed by atoms with Crippen molar-refractivity contribution in [3.8, 4) is 16.9 Å². The SMILES string of the molecule is CN(CCC(=O)O)c1cc(-c2ccc(OC3CCC(C(C)(C)C)CC3)cc2)cc(C(F)(F)F)c1. The molecule has 0 atom stereocenters. The molecule has 4 nitrogen and oxygen atoms in total. The van der Waals surface area contributed by atoms with Crippen molar-refractivity contribution in [2.75, 3.05) is 18.5 Å². The van der Waals surface area contributed by atoms with Crippen LogP contribution in [0, 0.1) is 11.3 Å². The van der Waals surface area contributed by atoms with Gasteiger partial charge < -0.3 is 14.7 Å². The second-order valence-corrected chi connectivity index (χ2v) is 10.3. The van der Waals surface area contributed by atoms with Crippen molar-refractivity contribution in [3.63, 3.8) is 0 Å². The normalized spacial score (nSPS) is 19.0. The number of halogens is 3. The van der Waals surface area contributed by atoms with Crippen LogP contribution in [0.2, 0.25) is 0 Å². The van der Waals surface area contributed by atoms with Crippen molar-refractivity contribution in [3.05, 3.63) is 48.0 Å². The Hall–Kier alpha value is -2.70. The number of hydrogen-bond acceptors (Lipinski definition) is 3. The standard InChI is InChI=1S/C27H34F3NO3/c1-26(2,3)20-7-11-24(12-8-20)34-23-9-5-18(6-10-23)19-15-21(27(28,29)30)17-22(16-19)31(4)14-13-25(32)33/h5-6,9-10,15-17,20,24H,7-8,11-14H2,1-4H3,(H,32,33). The number of alkyl halides is 3. The Balaban J connectivity index is 1.75. The summed E-state index contributed by atoms with van der Waals surface area (Å²) >= 11 is 0. The van der Waals surface area contributed by atoms with E-state index in [1.54, 1.807) is 37.4 Å². The average molecular weight is 478 g/mol. The number of benzene rings is 2. The van der Waals surface area contributed by atoms with E-state index in [0.29, 0.717) is 33.9 Å². The van der Waals surface area contributed by atoms with E-state index in [1.165, 1.54) is 4.90 Å². The fourth-order valence-corrected chi connectivity index (χ4v) is 4.52. The Kier molecular flexibility index (Phi) is 7.84. The van der Waals surface area contributed by atoms with E-state index in [4.69, 9.17) is 9.84 Å². The number of hydrogen-bond donors (Lipinski definition) is 1. The van der Waals surface area contributed by atoms with Gasteiger partial charge in [-0.05, 0) is 78.5 Å². The van der Waals surface area contributed by atoms with Gasteiger partial charge in [0.25, 0.3) is 0 Å². The first-order valence-electron chi connectivity index (χ1n) is 11.8. The third kappa shape index (κ3) is 6.90. The van der Waals surface area contributed by atoms with Gasteiger partial charge in [0.05, 0.1) is 18.1 Å². The highest BCUT2D eigenvalue weighted by Crippen LogP contribution is 2.39. The monoisotopic (exact) mass is 477 g/mol. The smallest absolute Gasteiger partial charge is 0.416 e. The fraction of sp³-hybridized carbons (Fsp3) is 0.519. The van der Waals surface area contributed by atoms with Crippen LogP contribution in [0.3, 0.4) is 0 Å². The Morgan fingerprint density at radius 1 is 1.00 bits per heavy atom. The van der Waals surface area contributed by atoms with Crippen LogP contribution in [0.25, 0.3) is 11.1 Å². The predicted molar refractivity (Wildman–Crippen MR) is 128 cm³/mol. The van der Waals surface area contributed by atoms with Gasteiger partial charge in [-0.1, -0.05) is 32.9 Å². The van der Waals surface area contributed by atoms with Crippen LogP contribution in [-0.4, -0.2) is 30.8 Å². The predicted octanol–water partition coefficient (Wildman–Crippen LogP) is 7.27. The summed E-state index contributed by atoms with van der Waals surface area (Å²) in [4.78, 5) is 12.4. The molecule has 34 heavy (non-hydrogen) atoms. The van der Waals surface area contributed by atoms with E-state index in [9.17, 15) is 18.0 Å². The van der Waals surface area contributed by atoms with E-state index in [2.05, 4.69) is 20.8 Å². The molecule has 1 aliphatic carbocycles. The summed E-state index contributed by atoms with van der Waals surface area (Å²) in [7, 11) is 1.59. The topological polar surface area (TPSA) is 49.8 Å². The lowest BCUT2D eigenvalue weighted by Gasteiger charge is -2.36. The maximum atomic E-state index is 13.5. The number of carbonyl (C=O) groups is 1. The Morgan fingerprint density at radius 3 is 2.15 bits per heavy atom. The van der Waals surface area contributed by atoms with E-state index < -0.39 is 17.7 Å². The minimum absolute atomic E-state index is 0.111. The lowest BCUT2D eigenvalue weighted by Crippen LogP contribution is -2.30. The summed E-state index contributed by atoms with van der Waals surface area (Å²) in [6.45, 7) is 6.95. The average Bonchev–Trinajstić information content (AvgIpc) is 2.77. The number of anilines is 1. The third-order valence-corrected chi connectivity index (χ3v) is 6.74. The highest BCUT2D eigenvalue weighted by atomic mass is 19.4. The van der Waals surface area contributed by atoms with Crippen LogP contribution in [0.4, 0.5) is 18.9 Å². The summed E-state index contributed by atoms with van der Waals surface area (Å²) < 4.78 is 46.8. The summed E-state index contributed by atoms with van der Waals surface area (Å²) in [6, 6.07) is 11.0. The van der Waals surface area contributed by atoms with E-state index in [-0.39, 0.29) is 19.1 Å². The van der Waals surface area contributed by atoms with Crippen LogP contribution < -0.4 is 9.64 Å². The zero-order valence-corrected chi connectivity index (χ0v) is 20.3. The molecule has 1 N–H and O–H groups in total. The first-order chi connectivity index (χ1) is 15.8. The van der Waals surface area contributed by atoms with Crippen LogP contribution >= 0.6 is 0 Å². The van der Waals surface area contributed by atoms with Crippen molar-refractivity contribution in [2.45, 2.75) is 65.2 Å². The van der Waals surface area contributed by atoms with Gasteiger partial charge in [0, 0.05) is 19.3 Å². The van der Waals surface area contributed by atoms with E-state index in [1.807, 2.05) is 0 Å². The number of carboxylic acid groups (broad SMARTS) is 1. The van der Waals surface area contributed by atoms with Gasteiger partial charge in [0.1, 0.15) is 5.75 Å². The van der Waals surface area contributed by atoms with Gasteiger partial charge in [0.2, 0.25) is 0 Å². The van der Waals surface area contributed by atoms with Crippen molar-refractivity contribution in [1.29, 1.82) is 0 Å². The molecule has 2 aromatic rings. The van der Waals surface area contributed by atoms with Gasteiger partial charge >= 0.3 is 12.1 Å². The second kappa shape index (κ2) is 10.3. The van der Waals surface area contributed by atoms with Crippen molar-refractivity contribution < 1.29 is 27.8 Å². The molecule has 1 fully saturated rings. The molecule has 7 heteroatoms. The largest absolute Gasteiger partial charge is 0.490 e. The number of carboxylic acids is 1. The first kappa shape index (κ1) is 25.9. The Bertz CT molecular complexity index is 972. The molecule has 2 aromatic carbocycles. The minimum atomic E-state index is -4.51. The van der Waals surface area contributed by atoms with E-state index in [0.717, 1.165) is 37.8 Å². The van der Waals surface area contributed by atoms with Crippen molar-refractivity contribution in [1.82, 2.24) is 0 Å². The molecule has 0 saturated heterocycles. The lowest BCUT2D eigenvalue weighted by atomic mass is 9.72. The molecule has 0 heterocycles. The molecular formula is C27H34F3NO3. The zero-order valence-electron chi connectivity index (χ0n) is 20.3. The quantitative estimate of drug-likeness (QED) is 0.456.